The summed E-state index contributed by atoms with van der Waals surface area (Å²) < 4.78 is 1.58. The van der Waals surface area contributed by atoms with Gasteiger partial charge in [-0.25, -0.2) is 4.68 Å². The van der Waals surface area contributed by atoms with Gasteiger partial charge in [0.05, 0.1) is 17.4 Å². The number of carboxylic acids is 1. The minimum absolute atomic E-state index is 0.0193. The van der Waals surface area contributed by atoms with Crippen LogP contribution in [0.3, 0.4) is 0 Å². The van der Waals surface area contributed by atoms with Crippen molar-refractivity contribution in [2.24, 2.45) is 0 Å². The van der Waals surface area contributed by atoms with Crippen molar-refractivity contribution in [2.45, 2.75) is 25.8 Å². The average Bonchev–Trinajstić information content (AvgIpc) is 2.96. The first-order valence-corrected chi connectivity index (χ1v) is 7.17. The number of halogens is 1. The summed E-state index contributed by atoms with van der Waals surface area (Å²) in [5.74, 6) is -1.16. The zero-order chi connectivity index (χ0) is 16.1. The number of hydrogen-bond acceptors (Lipinski definition) is 3. The van der Waals surface area contributed by atoms with Gasteiger partial charge in [-0.1, -0.05) is 11.6 Å². The summed E-state index contributed by atoms with van der Waals surface area (Å²) in [5, 5.41) is 16.1. The normalized spacial score (nSPS) is 11.9. The minimum Gasteiger partial charge on any atom is -0.481 e. The summed E-state index contributed by atoms with van der Waals surface area (Å²) in [4.78, 5) is 22.6. The molecule has 0 saturated heterocycles. The van der Waals surface area contributed by atoms with E-state index in [-0.39, 0.29) is 18.4 Å². The highest BCUT2D eigenvalue weighted by Crippen LogP contribution is 2.13. The van der Waals surface area contributed by atoms with Crippen LogP contribution in [0.25, 0.3) is 5.69 Å². The van der Waals surface area contributed by atoms with E-state index in [1.165, 1.54) is 6.20 Å². The van der Waals surface area contributed by atoms with Gasteiger partial charge in [-0.3, -0.25) is 9.59 Å². The Labute approximate surface area is 132 Å². The molecule has 6 nitrogen and oxygen atoms in total. The number of benzene rings is 1. The van der Waals surface area contributed by atoms with E-state index in [1.54, 1.807) is 42.1 Å². The smallest absolute Gasteiger partial charge is 0.303 e. The van der Waals surface area contributed by atoms with Crippen molar-refractivity contribution in [1.82, 2.24) is 15.1 Å². The third-order valence-electron chi connectivity index (χ3n) is 3.10. The molecule has 7 heteroatoms. The van der Waals surface area contributed by atoms with Crippen molar-refractivity contribution >= 4 is 23.5 Å². The minimum atomic E-state index is -0.878. The predicted octanol–water partition coefficient (Wildman–Crippen LogP) is 2.51. The van der Waals surface area contributed by atoms with Crippen LogP contribution in [-0.4, -0.2) is 32.8 Å². The van der Waals surface area contributed by atoms with Gasteiger partial charge < -0.3 is 10.4 Å². The van der Waals surface area contributed by atoms with E-state index in [1.807, 2.05) is 0 Å². The highest BCUT2D eigenvalue weighted by molar-refractivity contribution is 6.30. The molecule has 0 fully saturated rings. The van der Waals surface area contributed by atoms with E-state index < -0.39 is 5.97 Å². The van der Waals surface area contributed by atoms with Crippen molar-refractivity contribution < 1.29 is 14.7 Å². The zero-order valence-electron chi connectivity index (χ0n) is 12.0. The Bertz CT molecular complexity index is 667. The number of hydrogen-bond donors (Lipinski definition) is 2. The molecular weight excluding hydrogens is 306 g/mol. The number of aromatic nitrogens is 2. The quantitative estimate of drug-likeness (QED) is 0.856. The van der Waals surface area contributed by atoms with Crippen LogP contribution in [0.15, 0.2) is 36.7 Å². The highest BCUT2D eigenvalue weighted by Gasteiger charge is 2.13. The van der Waals surface area contributed by atoms with Gasteiger partial charge in [0.1, 0.15) is 0 Å². The Morgan fingerprint density at radius 2 is 2.05 bits per heavy atom. The highest BCUT2D eigenvalue weighted by atomic mass is 35.5. The van der Waals surface area contributed by atoms with E-state index in [4.69, 9.17) is 16.7 Å². The summed E-state index contributed by atoms with van der Waals surface area (Å²) in [6, 6.07) is 6.86. The van der Waals surface area contributed by atoms with Gasteiger partial charge in [0.15, 0.2) is 0 Å². The van der Waals surface area contributed by atoms with Crippen molar-refractivity contribution in [3.05, 3.63) is 47.2 Å². The number of carboxylic acid groups (broad SMARTS) is 1. The fourth-order valence-electron chi connectivity index (χ4n) is 1.89. The standard InChI is InChI=1S/C15H16ClN3O3/c1-10(2-7-14(20)21)18-15(22)11-8-17-19(9-11)13-5-3-12(16)4-6-13/h3-6,8-10H,2,7H2,1H3,(H,18,22)(H,20,21). The van der Waals surface area contributed by atoms with E-state index in [0.717, 1.165) is 5.69 Å². The molecule has 0 aliphatic carbocycles. The maximum atomic E-state index is 12.1. The maximum absolute atomic E-state index is 12.1. The molecule has 0 radical (unpaired) electrons. The van der Waals surface area contributed by atoms with Gasteiger partial charge in [-0.15, -0.1) is 0 Å². The SMILES string of the molecule is CC(CCC(=O)O)NC(=O)c1cnn(-c2ccc(Cl)cc2)c1. The molecule has 116 valence electrons. The van der Waals surface area contributed by atoms with Gasteiger partial charge in [-0.2, -0.15) is 5.10 Å². The summed E-state index contributed by atoms with van der Waals surface area (Å²) in [7, 11) is 0. The van der Waals surface area contributed by atoms with Gasteiger partial charge >= 0.3 is 5.97 Å². The molecule has 22 heavy (non-hydrogen) atoms. The van der Waals surface area contributed by atoms with Crippen LogP contribution < -0.4 is 5.32 Å². The molecule has 1 heterocycles. The predicted molar refractivity (Wildman–Crippen MR) is 82.4 cm³/mol. The number of amides is 1. The van der Waals surface area contributed by atoms with E-state index in [0.29, 0.717) is 17.0 Å². The van der Waals surface area contributed by atoms with E-state index in [2.05, 4.69) is 10.4 Å². The van der Waals surface area contributed by atoms with E-state index in [9.17, 15) is 9.59 Å². The number of nitrogens with one attached hydrogen (secondary N) is 1. The second-order valence-corrected chi connectivity index (χ2v) is 5.39. The Hall–Kier alpha value is -2.34. The maximum Gasteiger partial charge on any atom is 0.303 e. The lowest BCUT2D eigenvalue weighted by Gasteiger charge is -2.11. The van der Waals surface area contributed by atoms with E-state index >= 15 is 0 Å². The third-order valence-corrected chi connectivity index (χ3v) is 3.36. The summed E-state index contributed by atoms with van der Waals surface area (Å²) in [6.07, 6.45) is 3.48. The topological polar surface area (TPSA) is 84.2 Å². The molecule has 1 amide bonds. The molecule has 1 unspecified atom stereocenters. The molecule has 0 bridgehead atoms. The number of carbonyl (C=O) groups excluding carboxylic acids is 1. The molecule has 0 aliphatic rings. The lowest BCUT2D eigenvalue weighted by molar-refractivity contribution is -0.137. The second kappa shape index (κ2) is 7.09. The summed E-state index contributed by atoms with van der Waals surface area (Å²) in [6.45, 7) is 1.77. The largest absolute Gasteiger partial charge is 0.481 e. The molecular formula is C15H16ClN3O3. The molecule has 2 aromatic rings. The molecule has 0 aliphatic heterocycles. The number of rotatable bonds is 6. The van der Waals surface area contributed by atoms with Crippen LogP contribution in [0, 0.1) is 0 Å². The van der Waals surface area contributed by atoms with Crippen LogP contribution >= 0.6 is 11.6 Å². The van der Waals surface area contributed by atoms with Crippen LogP contribution in [0.1, 0.15) is 30.1 Å². The molecule has 1 aromatic carbocycles. The lowest BCUT2D eigenvalue weighted by Crippen LogP contribution is -2.32. The average molecular weight is 322 g/mol. The molecule has 2 rings (SSSR count). The summed E-state index contributed by atoms with van der Waals surface area (Å²) >= 11 is 5.83. The van der Waals surface area contributed by atoms with Gasteiger partial charge in [0.25, 0.3) is 5.91 Å². The second-order valence-electron chi connectivity index (χ2n) is 4.96. The molecule has 1 atom stereocenters. The molecule has 0 saturated carbocycles. The van der Waals surface area contributed by atoms with Crippen molar-refractivity contribution in [1.29, 1.82) is 0 Å². The first-order chi connectivity index (χ1) is 10.5. The van der Waals surface area contributed by atoms with Crippen LogP contribution in [-0.2, 0) is 4.79 Å². The molecule has 1 aromatic heterocycles. The lowest BCUT2D eigenvalue weighted by atomic mass is 10.2. The monoisotopic (exact) mass is 321 g/mol. The van der Waals surface area contributed by atoms with Gasteiger partial charge in [0.2, 0.25) is 0 Å². The first-order valence-electron chi connectivity index (χ1n) is 6.79. The number of nitrogens with zero attached hydrogens (tertiary/aromatic N) is 2. The Morgan fingerprint density at radius 3 is 2.68 bits per heavy atom. The Morgan fingerprint density at radius 1 is 1.36 bits per heavy atom. The van der Waals surface area contributed by atoms with Crippen LogP contribution in [0.4, 0.5) is 0 Å². The van der Waals surface area contributed by atoms with Gasteiger partial charge in [0, 0.05) is 23.7 Å². The van der Waals surface area contributed by atoms with Crippen LogP contribution in [0.2, 0.25) is 5.02 Å². The first kappa shape index (κ1) is 16.0. The number of aliphatic carboxylic acids is 1. The zero-order valence-corrected chi connectivity index (χ0v) is 12.7. The van der Waals surface area contributed by atoms with Crippen molar-refractivity contribution in [3.63, 3.8) is 0 Å². The van der Waals surface area contributed by atoms with Crippen molar-refractivity contribution in [3.8, 4) is 5.69 Å². The molecule has 0 spiro atoms. The fourth-order valence-corrected chi connectivity index (χ4v) is 2.02. The Kier molecular flexibility index (Phi) is 5.16. The van der Waals surface area contributed by atoms with Gasteiger partial charge in [-0.05, 0) is 37.6 Å². The Balaban J connectivity index is 2.00. The summed E-state index contributed by atoms with van der Waals surface area (Å²) in [5.41, 5.74) is 1.21. The fraction of sp³-hybridized carbons (Fsp3) is 0.267. The van der Waals surface area contributed by atoms with Crippen LogP contribution in [0.5, 0.6) is 0 Å². The number of carbonyl (C=O) groups is 2. The third kappa shape index (κ3) is 4.33. The van der Waals surface area contributed by atoms with Crippen molar-refractivity contribution in [2.75, 3.05) is 0 Å². The molecule has 2 N–H and O–H groups in total.